The fourth-order valence-corrected chi connectivity index (χ4v) is 5.00. The largest absolute Gasteiger partial charge is 0.494 e. The summed E-state index contributed by atoms with van der Waals surface area (Å²) in [7, 11) is 1.48. The minimum atomic E-state index is -0.663. The molecule has 1 aliphatic rings. The third-order valence-corrected chi connectivity index (χ3v) is 6.71. The molecule has 0 spiro atoms. The number of H-pyrrole nitrogens is 1. The number of aliphatic imine (C=N–C) groups is 1. The Morgan fingerprint density at radius 1 is 1.12 bits per heavy atom. The zero-order valence-electron chi connectivity index (χ0n) is 22.5. The van der Waals surface area contributed by atoms with Crippen LogP contribution in [-0.2, 0) is 4.79 Å². The molecule has 40 heavy (non-hydrogen) atoms. The number of methoxy groups -OCH3 is 1. The molecule has 0 radical (unpaired) electrons. The van der Waals surface area contributed by atoms with Crippen molar-refractivity contribution in [1.29, 1.82) is 0 Å². The first-order chi connectivity index (χ1) is 19.3. The van der Waals surface area contributed by atoms with Gasteiger partial charge in [0.25, 0.3) is 11.7 Å². The Morgan fingerprint density at radius 2 is 1.85 bits per heavy atom. The van der Waals surface area contributed by atoms with Gasteiger partial charge in [-0.25, -0.2) is 19.6 Å². The normalized spacial score (nSPS) is 18.1. The molecule has 0 bridgehead atoms. The number of ether oxygens (including phenoxy) is 1. The molecule has 1 amide bonds. The van der Waals surface area contributed by atoms with Gasteiger partial charge in [-0.2, -0.15) is 5.10 Å². The molecule has 4 heterocycles. The van der Waals surface area contributed by atoms with Crippen LogP contribution in [0, 0.1) is 6.92 Å². The molecule has 5 rings (SSSR count). The van der Waals surface area contributed by atoms with Crippen molar-refractivity contribution in [1.82, 2.24) is 34.5 Å². The van der Waals surface area contributed by atoms with Crippen LogP contribution in [0.3, 0.4) is 0 Å². The molecule has 206 valence electrons. The molecule has 14 nitrogen and oxygen atoms in total. The van der Waals surface area contributed by atoms with Gasteiger partial charge in [0.2, 0.25) is 5.96 Å². The average Bonchev–Trinajstić information content (AvgIpc) is 3.59. The van der Waals surface area contributed by atoms with Gasteiger partial charge in [-0.3, -0.25) is 9.59 Å². The molecule has 1 aliphatic heterocycles. The number of carbonyl (C=O) groups excluding carboxylic acids is 2. The third kappa shape index (κ3) is 4.86. The topological polar surface area (TPSA) is 172 Å². The molecule has 14 heteroatoms. The SMILES string of the molecule is COc1cnc(-n2cnc(C)n2)c2[nH]cc(C(=O)C(=O)N3[C@H](C)CN(C(=Nc4ccccc4)/N=N\N)C[C@@H]3C)c12. The van der Waals surface area contributed by atoms with E-state index < -0.39 is 11.7 Å². The van der Waals surface area contributed by atoms with E-state index in [9.17, 15) is 9.59 Å². The molecule has 0 unspecified atom stereocenters. The summed E-state index contributed by atoms with van der Waals surface area (Å²) in [4.78, 5) is 47.1. The Morgan fingerprint density at radius 3 is 2.48 bits per heavy atom. The van der Waals surface area contributed by atoms with Crippen LogP contribution in [0.5, 0.6) is 5.75 Å². The number of nitrogens with two attached hydrogens (primary N) is 1. The van der Waals surface area contributed by atoms with E-state index >= 15 is 0 Å². The number of ketones is 1. The van der Waals surface area contributed by atoms with Gasteiger partial charge < -0.3 is 25.4 Å². The molecule has 4 aromatic rings. The van der Waals surface area contributed by atoms with Crippen LogP contribution in [-0.4, -0.2) is 84.5 Å². The second kappa shape index (κ2) is 10.9. The van der Waals surface area contributed by atoms with Gasteiger partial charge in [0.15, 0.2) is 5.82 Å². The van der Waals surface area contributed by atoms with Gasteiger partial charge in [0, 0.05) is 31.4 Å². The van der Waals surface area contributed by atoms with Crippen LogP contribution in [0.2, 0.25) is 0 Å². The average molecular weight is 544 g/mol. The zero-order valence-corrected chi connectivity index (χ0v) is 22.5. The van der Waals surface area contributed by atoms with Crippen LogP contribution in [0.15, 0.2) is 64.4 Å². The van der Waals surface area contributed by atoms with Crippen LogP contribution >= 0.6 is 0 Å². The van der Waals surface area contributed by atoms with Crippen molar-refractivity contribution in [2.45, 2.75) is 32.9 Å². The van der Waals surface area contributed by atoms with E-state index in [1.165, 1.54) is 30.5 Å². The maximum Gasteiger partial charge on any atom is 0.295 e. The number of hydrogen-bond donors (Lipinski definition) is 2. The second-order valence-electron chi connectivity index (χ2n) is 9.45. The summed E-state index contributed by atoms with van der Waals surface area (Å²) in [6, 6.07) is 8.65. The summed E-state index contributed by atoms with van der Waals surface area (Å²) in [5, 5.41) is 12.2. The number of para-hydroxylation sites is 1. The van der Waals surface area contributed by atoms with Crippen LogP contribution in [0.4, 0.5) is 5.69 Å². The minimum Gasteiger partial charge on any atom is -0.494 e. The number of nitrogens with zero attached hydrogens (tertiary/aromatic N) is 9. The van der Waals surface area contributed by atoms with Crippen LogP contribution in [0.1, 0.15) is 30.0 Å². The van der Waals surface area contributed by atoms with E-state index in [-0.39, 0.29) is 17.6 Å². The summed E-state index contributed by atoms with van der Waals surface area (Å²) >= 11 is 0. The number of piperazine rings is 1. The molecule has 3 aromatic heterocycles. The van der Waals surface area contributed by atoms with E-state index in [0.29, 0.717) is 53.0 Å². The predicted molar refractivity (Wildman–Crippen MR) is 147 cm³/mol. The first kappa shape index (κ1) is 26.5. The van der Waals surface area contributed by atoms with Gasteiger partial charge in [-0.15, -0.1) is 0 Å². The number of amides is 1. The van der Waals surface area contributed by atoms with Crippen molar-refractivity contribution in [3.8, 4) is 11.6 Å². The molecule has 1 aromatic carbocycles. The number of guanidine groups is 1. The lowest BCUT2D eigenvalue weighted by molar-refractivity contribution is -0.133. The summed E-state index contributed by atoms with van der Waals surface area (Å²) in [5.41, 5.74) is 1.38. The van der Waals surface area contributed by atoms with E-state index in [0.717, 1.165) is 0 Å². The number of aromatic amines is 1. The van der Waals surface area contributed by atoms with Crippen molar-refractivity contribution >= 4 is 34.2 Å². The fraction of sp³-hybridized carbons (Fsp3) is 0.308. The molecular formula is C26H29N11O3. The second-order valence-corrected chi connectivity index (χ2v) is 9.45. The van der Waals surface area contributed by atoms with Gasteiger partial charge in [0.1, 0.15) is 17.9 Å². The molecule has 3 N–H and O–H groups in total. The third-order valence-electron chi connectivity index (χ3n) is 6.71. The highest BCUT2D eigenvalue weighted by Crippen LogP contribution is 2.32. The van der Waals surface area contributed by atoms with Gasteiger partial charge in [0.05, 0.1) is 35.5 Å². The summed E-state index contributed by atoms with van der Waals surface area (Å²) in [5.74, 6) is 5.75. The Kier molecular flexibility index (Phi) is 7.23. The number of Topliss-reactive ketones (excluding diaryl/α,β-unsaturated/α-hetero) is 1. The number of fused-ring (bicyclic) bond motifs is 1. The number of benzene rings is 1. The number of nitrogens with one attached hydrogen (secondary N) is 1. The zero-order chi connectivity index (χ0) is 28.4. The molecule has 1 fully saturated rings. The van der Waals surface area contributed by atoms with Gasteiger partial charge >= 0.3 is 0 Å². The Labute approximate surface area is 229 Å². The van der Waals surface area contributed by atoms with Crippen molar-refractivity contribution in [2.75, 3.05) is 20.2 Å². The van der Waals surface area contributed by atoms with Crippen molar-refractivity contribution in [3.05, 3.63) is 60.4 Å². The maximum atomic E-state index is 13.7. The lowest BCUT2D eigenvalue weighted by Crippen LogP contribution is -2.60. The van der Waals surface area contributed by atoms with E-state index in [1.54, 1.807) is 11.8 Å². The summed E-state index contributed by atoms with van der Waals surface area (Å²) in [6.07, 6.45) is 4.52. The molecule has 2 atom stereocenters. The number of rotatable bonds is 5. The molecule has 0 aliphatic carbocycles. The van der Waals surface area contributed by atoms with Crippen LogP contribution in [0.25, 0.3) is 16.7 Å². The highest BCUT2D eigenvalue weighted by molar-refractivity contribution is 6.45. The Hall–Kier alpha value is -5.14. The highest BCUT2D eigenvalue weighted by atomic mass is 16.5. The van der Waals surface area contributed by atoms with E-state index in [4.69, 9.17) is 10.6 Å². The first-order valence-electron chi connectivity index (χ1n) is 12.6. The highest BCUT2D eigenvalue weighted by Gasteiger charge is 2.38. The number of hydrogen-bond acceptors (Lipinski definition) is 8. The number of carbonyl (C=O) groups is 2. The molecular weight excluding hydrogens is 514 g/mol. The standard InChI is InChI=1S/C26H29N11O3/c1-15-12-35(26(32-34-27)31-18-8-6-5-7-9-18)13-16(2)37(15)25(39)23(38)19-10-28-22-21(19)20(40-4)11-29-24(22)36-14-30-17(3)33-36/h5-11,14-16,28H,12-13H2,1-4H3,(H2,27,31,32)/t15-,16+. The molecule has 0 saturated carbocycles. The Balaban J connectivity index is 1.43. The fourth-order valence-electron chi connectivity index (χ4n) is 5.00. The minimum absolute atomic E-state index is 0.183. The quantitative estimate of drug-likeness (QED) is 0.0735. The number of pyridine rings is 1. The van der Waals surface area contributed by atoms with Crippen molar-refractivity contribution in [3.63, 3.8) is 0 Å². The lowest BCUT2D eigenvalue weighted by atomic mass is 10.0. The number of aryl methyl sites for hydroxylation is 1. The van der Waals surface area contributed by atoms with Gasteiger partial charge in [-0.1, -0.05) is 28.5 Å². The van der Waals surface area contributed by atoms with Crippen LogP contribution < -0.4 is 10.6 Å². The van der Waals surface area contributed by atoms with Crippen molar-refractivity contribution in [2.24, 2.45) is 21.2 Å². The van der Waals surface area contributed by atoms with E-state index in [2.05, 4.69) is 35.4 Å². The van der Waals surface area contributed by atoms with E-state index in [1.807, 2.05) is 49.1 Å². The smallest absolute Gasteiger partial charge is 0.295 e. The number of aromatic nitrogens is 5. The lowest BCUT2D eigenvalue weighted by Gasteiger charge is -2.44. The Bertz CT molecular complexity index is 1600. The van der Waals surface area contributed by atoms with Gasteiger partial charge in [-0.05, 0) is 32.9 Å². The molecule has 1 saturated heterocycles. The van der Waals surface area contributed by atoms with Crippen molar-refractivity contribution < 1.29 is 14.3 Å². The maximum absolute atomic E-state index is 13.7. The summed E-state index contributed by atoms with van der Waals surface area (Å²) in [6.45, 7) is 6.27. The summed E-state index contributed by atoms with van der Waals surface area (Å²) < 4.78 is 7.00. The monoisotopic (exact) mass is 543 g/mol. The predicted octanol–water partition coefficient (Wildman–Crippen LogP) is 2.58. The first-order valence-corrected chi connectivity index (χ1v) is 12.6.